The molecule has 130 valence electrons. The molecule has 25 heavy (non-hydrogen) atoms. The van der Waals surface area contributed by atoms with Gasteiger partial charge < -0.3 is 9.80 Å². The summed E-state index contributed by atoms with van der Waals surface area (Å²) in [4.78, 5) is 17.0. The van der Waals surface area contributed by atoms with Crippen molar-refractivity contribution < 1.29 is 9.18 Å². The fraction of sp³-hybridized carbons (Fsp3) is 0.350. The van der Waals surface area contributed by atoms with Crippen molar-refractivity contribution in [3.63, 3.8) is 0 Å². The van der Waals surface area contributed by atoms with Gasteiger partial charge in [-0.2, -0.15) is 0 Å². The average molecular weight is 339 g/mol. The van der Waals surface area contributed by atoms with E-state index in [1.165, 1.54) is 17.8 Å². The molecule has 4 rings (SSSR count). The topological polar surface area (TPSA) is 35.6 Å². The van der Waals surface area contributed by atoms with Gasteiger partial charge in [-0.15, -0.1) is 0 Å². The highest BCUT2D eigenvalue weighted by molar-refractivity contribution is 5.94. The number of hydrogen-bond acceptors (Lipinski definition) is 3. The van der Waals surface area contributed by atoms with E-state index in [0.29, 0.717) is 5.56 Å². The minimum absolute atomic E-state index is 0.00735. The number of halogens is 1. The lowest BCUT2D eigenvalue weighted by Gasteiger charge is -2.45. The van der Waals surface area contributed by atoms with E-state index in [1.54, 1.807) is 12.1 Å². The third-order valence-corrected chi connectivity index (χ3v) is 5.44. The Morgan fingerprint density at radius 1 is 1.00 bits per heavy atom. The number of piperidine rings is 1. The molecule has 2 fully saturated rings. The summed E-state index contributed by atoms with van der Waals surface area (Å²) in [6.07, 6.45) is 1.86. The van der Waals surface area contributed by atoms with Crippen LogP contribution in [0.25, 0.3) is 0 Å². The molecule has 2 aliphatic heterocycles. The Morgan fingerprint density at radius 2 is 1.68 bits per heavy atom. The van der Waals surface area contributed by atoms with Crippen molar-refractivity contribution in [1.82, 2.24) is 10.2 Å². The Hall–Kier alpha value is -2.40. The molecule has 0 atom stereocenters. The zero-order valence-corrected chi connectivity index (χ0v) is 14.1. The second kappa shape index (κ2) is 6.48. The van der Waals surface area contributed by atoms with Crippen LogP contribution in [0.4, 0.5) is 10.1 Å². The van der Waals surface area contributed by atoms with Crippen LogP contribution in [0.5, 0.6) is 0 Å². The molecule has 0 unspecified atom stereocenters. The standard InChI is InChI=1S/C20H22FN3O/c21-17-8-6-16(7-9-17)19(25)23-12-10-20(11-13-23)14-22-15-24(20)18-4-2-1-3-5-18/h1-9,22H,10-15H2. The van der Waals surface area contributed by atoms with Gasteiger partial charge in [-0.25, -0.2) is 4.39 Å². The Morgan fingerprint density at radius 3 is 2.36 bits per heavy atom. The van der Waals surface area contributed by atoms with Crippen molar-refractivity contribution in [2.24, 2.45) is 0 Å². The molecule has 2 aromatic carbocycles. The van der Waals surface area contributed by atoms with Crippen LogP contribution in [0.2, 0.25) is 0 Å². The first-order valence-electron chi connectivity index (χ1n) is 8.76. The molecule has 2 saturated heterocycles. The number of nitrogens with one attached hydrogen (secondary N) is 1. The predicted molar refractivity (Wildman–Crippen MR) is 96.1 cm³/mol. The van der Waals surface area contributed by atoms with Crippen LogP contribution in [0, 0.1) is 5.82 Å². The molecule has 4 nitrogen and oxygen atoms in total. The fourth-order valence-electron chi connectivity index (χ4n) is 3.98. The first kappa shape index (κ1) is 16.1. The molecule has 2 heterocycles. The first-order valence-corrected chi connectivity index (χ1v) is 8.76. The molecule has 2 aliphatic rings. The van der Waals surface area contributed by atoms with E-state index in [1.807, 2.05) is 11.0 Å². The molecule has 2 aromatic rings. The summed E-state index contributed by atoms with van der Waals surface area (Å²) in [5.74, 6) is -0.322. The van der Waals surface area contributed by atoms with Crippen molar-refractivity contribution in [2.45, 2.75) is 18.4 Å². The summed E-state index contributed by atoms with van der Waals surface area (Å²) in [6, 6.07) is 16.3. The van der Waals surface area contributed by atoms with E-state index in [0.717, 1.165) is 39.1 Å². The van der Waals surface area contributed by atoms with Crippen molar-refractivity contribution in [3.8, 4) is 0 Å². The summed E-state index contributed by atoms with van der Waals surface area (Å²) < 4.78 is 13.1. The molecule has 0 aliphatic carbocycles. The van der Waals surface area contributed by atoms with E-state index >= 15 is 0 Å². The van der Waals surface area contributed by atoms with Gasteiger partial charge in [-0.05, 0) is 49.2 Å². The Labute approximate surface area is 147 Å². The average Bonchev–Trinajstić information content (AvgIpc) is 3.06. The molecular formula is C20H22FN3O. The molecule has 0 radical (unpaired) electrons. The van der Waals surface area contributed by atoms with Gasteiger partial charge >= 0.3 is 0 Å². The SMILES string of the molecule is O=C(c1ccc(F)cc1)N1CCC2(CC1)CNCN2c1ccccc1. The number of carbonyl (C=O) groups is 1. The highest BCUT2D eigenvalue weighted by atomic mass is 19.1. The highest BCUT2D eigenvalue weighted by Crippen LogP contribution is 2.35. The molecule has 1 amide bonds. The fourth-order valence-corrected chi connectivity index (χ4v) is 3.98. The number of hydrogen-bond donors (Lipinski definition) is 1. The van der Waals surface area contributed by atoms with Crippen LogP contribution in [0.15, 0.2) is 54.6 Å². The summed E-state index contributed by atoms with van der Waals surface area (Å²) in [5.41, 5.74) is 1.86. The summed E-state index contributed by atoms with van der Waals surface area (Å²) in [6.45, 7) is 3.23. The molecule has 5 heteroatoms. The van der Waals surface area contributed by atoms with Gasteiger partial charge in [0, 0.05) is 30.9 Å². The molecular weight excluding hydrogens is 317 g/mol. The minimum atomic E-state index is -0.315. The largest absolute Gasteiger partial charge is 0.352 e. The lowest BCUT2D eigenvalue weighted by molar-refractivity contribution is 0.0679. The Kier molecular flexibility index (Phi) is 4.17. The Balaban J connectivity index is 1.47. The smallest absolute Gasteiger partial charge is 0.253 e. The van der Waals surface area contributed by atoms with Crippen LogP contribution in [-0.4, -0.2) is 42.6 Å². The van der Waals surface area contributed by atoms with Crippen molar-refractivity contribution in [2.75, 3.05) is 31.2 Å². The number of carbonyl (C=O) groups excluding carboxylic acids is 1. The Bertz CT molecular complexity index is 739. The van der Waals surface area contributed by atoms with E-state index in [-0.39, 0.29) is 17.3 Å². The van der Waals surface area contributed by atoms with Gasteiger partial charge in [0.25, 0.3) is 5.91 Å². The number of nitrogens with zero attached hydrogens (tertiary/aromatic N) is 2. The van der Waals surface area contributed by atoms with Gasteiger partial charge in [0.05, 0.1) is 12.2 Å². The van der Waals surface area contributed by atoms with Crippen molar-refractivity contribution in [3.05, 3.63) is 66.0 Å². The van der Waals surface area contributed by atoms with E-state index in [2.05, 4.69) is 34.5 Å². The normalized spacial score (nSPS) is 19.4. The molecule has 0 bridgehead atoms. The van der Waals surface area contributed by atoms with Gasteiger partial charge in [0.2, 0.25) is 0 Å². The van der Waals surface area contributed by atoms with Crippen LogP contribution >= 0.6 is 0 Å². The van der Waals surface area contributed by atoms with Crippen molar-refractivity contribution >= 4 is 11.6 Å². The molecule has 0 aromatic heterocycles. The number of rotatable bonds is 2. The lowest BCUT2D eigenvalue weighted by Crippen LogP contribution is -2.55. The third kappa shape index (κ3) is 3.00. The van der Waals surface area contributed by atoms with Crippen LogP contribution < -0.4 is 10.2 Å². The molecule has 1 N–H and O–H groups in total. The second-order valence-electron chi connectivity index (χ2n) is 6.87. The minimum Gasteiger partial charge on any atom is -0.352 e. The van der Waals surface area contributed by atoms with Gasteiger partial charge in [0.15, 0.2) is 0 Å². The first-order chi connectivity index (χ1) is 12.2. The predicted octanol–water partition coefficient (Wildman–Crippen LogP) is 2.87. The summed E-state index contributed by atoms with van der Waals surface area (Å²) in [7, 11) is 0. The number of anilines is 1. The van der Waals surface area contributed by atoms with Gasteiger partial charge in [-0.3, -0.25) is 10.1 Å². The van der Waals surface area contributed by atoms with Crippen molar-refractivity contribution in [1.29, 1.82) is 0 Å². The van der Waals surface area contributed by atoms with Crippen LogP contribution in [0.1, 0.15) is 23.2 Å². The number of likely N-dealkylation sites (tertiary alicyclic amines) is 1. The zero-order valence-electron chi connectivity index (χ0n) is 14.1. The van der Waals surface area contributed by atoms with E-state index in [9.17, 15) is 9.18 Å². The number of amides is 1. The maximum Gasteiger partial charge on any atom is 0.253 e. The third-order valence-electron chi connectivity index (χ3n) is 5.44. The molecule has 0 saturated carbocycles. The highest BCUT2D eigenvalue weighted by Gasteiger charge is 2.44. The van der Waals surface area contributed by atoms with Crippen LogP contribution in [0.3, 0.4) is 0 Å². The zero-order chi connectivity index (χ0) is 17.3. The quantitative estimate of drug-likeness (QED) is 0.914. The molecule has 1 spiro atoms. The maximum absolute atomic E-state index is 13.1. The number of benzene rings is 2. The van der Waals surface area contributed by atoms with Gasteiger partial charge in [0.1, 0.15) is 5.82 Å². The monoisotopic (exact) mass is 339 g/mol. The second-order valence-corrected chi connectivity index (χ2v) is 6.87. The maximum atomic E-state index is 13.1. The van der Waals surface area contributed by atoms with E-state index < -0.39 is 0 Å². The van der Waals surface area contributed by atoms with Gasteiger partial charge in [-0.1, -0.05) is 18.2 Å². The number of para-hydroxylation sites is 1. The van der Waals surface area contributed by atoms with Crippen LogP contribution in [-0.2, 0) is 0 Å². The summed E-state index contributed by atoms with van der Waals surface area (Å²) >= 11 is 0. The summed E-state index contributed by atoms with van der Waals surface area (Å²) in [5, 5.41) is 3.49. The lowest BCUT2D eigenvalue weighted by atomic mass is 9.86. The van der Waals surface area contributed by atoms with E-state index in [4.69, 9.17) is 0 Å².